The molecule has 0 aliphatic heterocycles. The lowest BCUT2D eigenvalue weighted by molar-refractivity contribution is 0.0933. The third-order valence-corrected chi connectivity index (χ3v) is 4.90. The molecule has 0 bridgehead atoms. The lowest BCUT2D eigenvalue weighted by Crippen LogP contribution is -2.47. The smallest absolute Gasteiger partial charge is 0.270 e. The standard InChI is InChI=1S/C23H29N3O2S/c1-3-4-6-11-17(2)16-24-23(29)26-25-22(28)20-15-10-9-14-19(20)21(27)18-12-7-5-8-13-18/h5,7-10,12-15,17H,3-4,6,11,16H2,1-2H3,(H,25,28)(H2,24,26,29)/t17-/m0/s1. The number of nitrogens with one attached hydrogen (secondary N) is 3. The van der Waals surface area contributed by atoms with Crippen LogP contribution in [0.1, 0.15) is 65.8 Å². The highest BCUT2D eigenvalue weighted by Gasteiger charge is 2.18. The second-order valence-corrected chi connectivity index (χ2v) is 7.54. The van der Waals surface area contributed by atoms with Crippen LogP contribution in [-0.2, 0) is 0 Å². The maximum Gasteiger partial charge on any atom is 0.270 e. The lowest BCUT2D eigenvalue weighted by Gasteiger charge is -2.16. The van der Waals surface area contributed by atoms with Gasteiger partial charge in [-0.15, -0.1) is 0 Å². The molecule has 5 nitrogen and oxygen atoms in total. The van der Waals surface area contributed by atoms with Crippen LogP contribution in [0.4, 0.5) is 0 Å². The molecule has 0 saturated carbocycles. The minimum absolute atomic E-state index is 0.196. The van der Waals surface area contributed by atoms with Crippen LogP contribution in [0.15, 0.2) is 54.6 Å². The molecule has 0 aromatic heterocycles. The number of thiocarbonyl (C=S) groups is 1. The molecule has 2 aromatic rings. The molecular weight excluding hydrogens is 382 g/mol. The van der Waals surface area contributed by atoms with E-state index in [1.54, 1.807) is 48.5 Å². The summed E-state index contributed by atoms with van der Waals surface area (Å²) in [6, 6.07) is 15.6. The first kappa shape index (κ1) is 22.6. The van der Waals surface area contributed by atoms with E-state index in [-0.39, 0.29) is 5.78 Å². The molecule has 2 aromatic carbocycles. The zero-order valence-corrected chi connectivity index (χ0v) is 17.9. The summed E-state index contributed by atoms with van der Waals surface area (Å²) in [4.78, 5) is 25.4. The Labute approximate surface area is 178 Å². The zero-order chi connectivity index (χ0) is 21.1. The minimum atomic E-state index is -0.412. The van der Waals surface area contributed by atoms with Crippen molar-refractivity contribution in [2.24, 2.45) is 5.92 Å². The minimum Gasteiger partial charge on any atom is -0.361 e. The highest BCUT2D eigenvalue weighted by atomic mass is 32.1. The number of unbranched alkanes of at least 4 members (excludes halogenated alkanes) is 2. The summed E-state index contributed by atoms with van der Waals surface area (Å²) in [6.07, 6.45) is 4.80. The largest absolute Gasteiger partial charge is 0.361 e. The van der Waals surface area contributed by atoms with Crippen LogP contribution in [0, 0.1) is 5.92 Å². The number of hydrogen-bond acceptors (Lipinski definition) is 3. The Bertz CT molecular complexity index is 824. The van der Waals surface area contributed by atoms with E-state index >= 15 is 0 Å². The quantitative estimate of drug-likeness (QED) is 0.249. The fourth-order valence-electron chi connectivity index (χ4n) is 2.96. The van der Waals surface area contributed by atoms with Crippen molar-refractivity contribution in [2.75, 3.05) is 6.54 Å². The summed E-state index contributed by atoms with van der Waals surface area (Å²) in [5, 5.41) is 3.47. The molecule has 0 radical (unpaired) electrons. The van der Waals surface area contributed by atoms with Gasteiger partial charge in [0.1, 0.15) is 0 Å². The van der Waals surface area contributed by atoms with E-state index < -0.39 is 5.91 Å². The molecule has 0 aliphatic carbocycles. The van der Waals surface area contributed by atoms with Gasteiger partial charge < -0.3 is 5.32 Å². The van der Waals surface area contributed by atoms with Gasteiger partial charge in [-0.25, -0.2) is 0 Å². The number of carbonyl (C=O) groups excluding carboxylic acids is 2. The van der Waals surface area contributed by atoms with Crippen LogP contribution in [0.5, 0.6) is 0 Å². The average molecular weight is 412 g/mol. The van der Waals surface area contributed by atoms with Crippen molar-refractivity contribution in [1.29, 1.82) is 0 Å². The highest BCUT2D eigenvalue weighted by Crippen LogP contribution is 2.14. The molecule has 2 rings (SSSR count). The van der Waals surface area contributed by atoms with Gasteiger partial charge in [-0.3, -0.25) is 20.4 Å². The van der Waals surface area contributed by atoms with E-state index in [0.717, 1.165) is 13.0 Å². The summed E-state index contributed by atoms with van der Waals surface area (Å²) in [7, 11) is 0. The number of benzene rings is 2. The maximum absolute atomic E-state index is 12.8. The van der Waals surface area contributed by atoms with Crippen molar-refractivity contribution in [3.8, 4) is 0 Å². The lowest BCUT2D eigenvalue weighted by atomic mass is 9.98. The molecule has 29 heavy (non-hydrogen) atoms. The van der Waals surface area contributed by atoms with Gasteiger partial charge >= 0.3 is 0 Å². The predicted molar refractivity (Wildman–Crippen MR) is 121 cm³/mol. The SMILES string of the molecule is CCCCC[C@H](C)CNC(=S)NNC(=O)c1ccccc1C(=O)c1ccccc1. The molecule has 0 aliphatic rings. The average Bonchev–Trinajstić information content (AvgIpc) is 2.76. The Hall–Kier alpha value is -2.73. The molecule has 6 heteroatoms. The first-order chi connectivity index (χ1) is 14.0. The summed E-state index contributed by atoms with van der Waals surface area (Å²) >= 11 is 5.23. The van der Waals surface area contributed by atoms with Gasteiger partial charge in [-0.1, -0.05) is 81.6 Å². The first-order valence-electron chi connectivity index (χ1n) is 10.1. The van der Waals surface area contributed by atoms with E-state index in [1.807, 2.05) is 6.07 Å². The Kier molecular flexibility index (Phi) is 9.31. The first-order valence-corrected chi connectivity index (χ1v) is 10.5. The molecule has 0 heterocycles. The molecule has 0 spiro atoms. The third-order valence-electron chi connectivity index (χ3n) is 4.65. The Morgan fingerprint density at radius 2 is 1.59 bits per heavy atom. The topological polar surface area (TPSA) is 70.2 Å². The fraction of sp³-hybridized carbons (Fsp3) is 0.348. The van der Waals surface area contributed by atoms with Crippen LogP contribution in [0.2, 0.25) is 0 Å². The second-order valence-electron chi connectivity index (χ2n) is 7.13. The van der Waals surface area contributed by atoms with Crippen molar-refractivity contribution in [3.05, 3.63) is 71.3 Å². The van der Waals surface area contributed by atoms with Crippen LogP contribution in [0.3, 0.4) is 0 Å². The van der Waals surface area contributed by atoms with Gasteiger partial charge in [0.25, 0.3) is 5.91 Å². The molecule has 1 amide bonds. The summed E-state index contributed by atoms with van der Waals surface area (Å²) in [5.41, 5.74) is 6.48. The van der Waals surface area contributed by atoms with Crippen molar-refractivity contribution < 1.29 is 9.59 Å². The van der Waals surface area contributed by atoms with Crippen molar-refractivity contribution >= 4 is 29.0 Å². The molecule has 0 fully saturated rings. The molecule has 0 saturated heterocycles. The van der Waals surface area contributed by atoms with E-state index in [4.69, 9.17) is 12.2 Å². The molecule has 154 valence electrons. The number of amides is 1. The zero-order valence-electron chi connectivity index (χ0n) is 17.0. The molecular formula is C23H29N3O2S. The van der Waals surface area contributed by atoms with Crippen LogP contribution in [-0.4, -0.2) is 23.3 Å². The maximum atomic E-state index is 12.8. The Balaban J connectivity index is 1.90. The van der Waals surface area contributed by atoms with Gasteiger partial charge in [0.15, 0.2) is 10.9 Å². The van der Waals surface area contributed by atoms with E-state index in [2.05, 4.69) is 30.0 Å². The predicted octanol–water partition coefficient (Wildman–Crippen LogP) is 4.24. The monoisotopic (exact) mass is 411 g/mol. The Morgan fingerprint density at radius 3 is 2.28 bits per heavy atom. The number of ketones is 1. The second kappa shape index (κ2) is 12.0. The summed E-state index contributed by atoms with van der Waals surface area (Å²) in [6.45, 7) is 5.11. The normalized spacial score (nSPS) is 11.4. The number of hydrogen-bond donors (Lipinski definition) is 3. The number of carbonyl (C=O) groups is 2. The van der Waals surface area contributed by atoms with Crippen LogP contribution < -0.4 is 16.2 Å². The van der Waals surface area contributed by atoms with Crippen molar-refractivity contribution in [1.82, 2.24) is 16.2 Å². The highest BCUT2D eigenvalue weighted by molar-refractivity contribution is 7.80. The summed E-state index contributed by atoms with van der Waals surface area (Å²) in [5.74, 6) is -0.107. The van der Waals surface area contributed by atoms with Crippen molar-refractivity contribution in [3.63, 3.8) is 0 Å². The molecule has 3 N–H and O–H groups in total. The van der Waals surface area contributed by atoms with E-state index in [9.17, 15) is 9.59 Å². The van der Waals surface area contributed by atoms with Crippen molar-refractivity contribution in [2.45, 2.75) is 39.5 Å². The van der Waals surface area contributed by atoms with E-state index in [1.165, 1.54) is 19.3 Å². The van der Waals surface area contributed by atoms with Gasteiger partial charge in [-0.2, -0.15) is 0 Å². The van der Waals surface area contributed by atoms with Gasteiger partial charge in [-0.05, 0) is 30.6 Å². The molecule has 0 unspecified atom stereocenters. The van der Waals surface area contributed by atoms with Crippen LogP contribution in [0.25, 0.3) is 0 Å². The Morgan fingerprint density at radius 1 is 0.931 bits per heavy atom. The number of hydrazine groups is 1. The number of rotatable bonds is 9. The van der Waals surface area contributed by atoms with Crippen LogP contribution >= 0.6 is 12.2 Å². The van der Waals surface area contributed by atoms with E-state index in [0.29, 0.717) is 27.7 Å². The van der Waals surface area contributed by atoms with Gasteiger partial charge in [0.2, 0.25) is 0 Å². The van der Waals surface area contributed by atoms with Gasteiger partial charge in [0.05, 0.1) is 5.56 Å². The molecule has 1 atom stereocenters. The van der Waals surface area contributed by atoms with Gasteiger partial charge in [0, 0.05) is 17.7 Å². The third kappa shape index (κ3) is 7.31. The fourth-order valence-corrected chi connectivity index (χ4v) is 3.10. The summed E-state index contributed by atoms with van der Waals surface area (Å²) < 4.78 is 0.